The molecule has 0 saturated carbocycles. The highest BCUT2D eigenvalue weighted by Gasteiger charge is 2.38. The van der Waals surface area contributed by atoms with E-state index in [0.717, 1.165) is 10.0 Å². The molecule has 1 aromatic carbocycles. The van der Waals surface area contributed by atoms with Crippen molar-refractivity contribution in [1.29, 1.82) is 0 Å². The average molecular weight is 342 g/mol. The van der Waals surface area contributed by atoms with Crippen LogP contribution in [-0.4, -0.2) is 17.0 Å². The summed E-state index contributed by atoms with van der Waals surface area (Å²) >= 11 is 3.37. The molecule has 0 radical (unpaired) electrons. The number of rotatable bonds is 6. The van der Waals surface area contributed by atoms with Gasteiger partial charge in [-0.1, -0.05) is 41.9 Å². The molecule has 1 amide bonds. The molecule has 0 aliphatic rings. The molecule has 4 nitrogen and oxygen atoms in total. The van der Waals surface area contributed by atoms with E-state index in [0.29, 0.717) is 6.54 Å². The van der Waals surface area contributed by atoms with Crippen LogP contribution in [0.3, 0.4) is 0 Å². The topological polar surface area (TPSA) is 66.4 Å². The molecule has 2 N–H and O–H groups in total. The summed E-state index contributed by atoms with van der Waals surface area (Å²) in [6.45, 7) is 5.64. The third-order valence-corrected chi connectivity index (χ3v) is 4.16. The highest BCUT2D eigenvalue weighted by molar-refractivity contribution is 9.10. The molecule has 1 aromatic rings. The van der Waals surface area contributed by atoms with Crippen LogP contribution >= 0.6 is 15.9 Å². The Kier molecular flexibility index (Phi) is 5.74. The second kappa shape index (κ2) is 6.88. The van der Waals surface area contributed by atoms with Crippen LogP contribution in [0, 0.1) is 11.3 Å². The zero-order valence-electron chi connectivity index (χ0n) is 11.9. The lowest BCUT2D eigenvalue weighted by atomic mass is 9.76. The lowest BCUT2D eigenvalue weighted by molar-refractivity contribution is -0.153. The molecule has 0 aromatic heterocycles. The van der Waals surface area contributed by atoms with Gasteiger partial charge >= 0.3 is 5.97 Å². The van der Waals surface area contributed by atoms with Gasteiger partial charge in [0.2, 0.25) is 5.91 Å². The summed E-state index contributed by atoms with van der Waals surface area (Å²) in [4.78, 5) is 23.3. The molecule has 0 bridgehead atoms. The third-order valence-electron chi connectivity index (χ3n) is 3.67. The molecular weight excluding hydrogens is 322 g/mol. The number of aliphatic carboxylic acids is 1. The first-order valence-electron chi connectivity index (χ1n) is 6.50. The summed E-state index contributed by atoms with van der Waals surface area (Å²) in [5.74, 6) is -1.30. The first-order valence-corrected chi connectivity index (χ1v) is 7.29. The van der Waals surface area contributed by atoms with Gasteiger partial charge in [-0.2, -0.15) is 0 Å². The maximum Gasteiger partial charge on any atom is 0.310 e. The molecule has 5 heteroatoms. The van der Waals surface area contributed by atoms with Gasteiger partial charge in [-0.15, -0.1) is 0 Å². The van der Waals surface area contributed by atoms with Crippen molar-refractivity contribution in [1.82, 2.24) is 5.32 Å². The van der Waals surface area contributed by atoms with E-state index in [9.17, 15) is 14.7 Å². The van der Waals surface area contributed by atoms with E-state index in [4.69, 9.17) is 0 Å². The van der Waals surface area contributed by atoms with Crippen LogP contribution in [0.5, 0.6) is 0 Å². The normalized spacial score (nSPS) is 13.8. The van der Waals surface area contributed by atoms with Crippen molar-refractivity contribution in [3.05, 3.63) is 34.3 Å². The average Bonchev–Trinajstić information content (AvgIpc) is 2.36. The fourth-order valence-electron chi connectivity index (χ4n) is 1.77. The van der Waals surface area contributed by atoms with Crippen molar-refractivity contribution in [2.75, 3.05) is 0 Å². The largest absolute Gasteiger partial charge is 0.481 e. The monoisotopic (exact) mass is 341 g/mol. The summed E-state index contributed by atoms with van der Waals surface area (Å²) in [6, 6.07) is 7.62. The molecule has 0 heterocycles. The Hall–Kier alpha value is -1.36. The predicted octanol–water partition coefficient (Wildman–Crippen LogP) is 3.20. The maximum atomic E-state index is 11.9. The van der Waals surface area contributed by atoms with Crippen LogP contribution in [0.15, 0.2) is 28.7 Å². The molecule has 0 aliphatic heterocycles. The summed E-state index contributed by atoms with van der Waals surface area (Å²) < 4.78 is 0.946. The number of nitrogens with one attached hydrogen (secondary N) is 1. The van der Waals surface area contributed by atoms with Gasteiger partial charge in [-0.25, -0.2) is 0 Å². The lowest BCUT2D eigenvalue weighted by Crippen LogP contribution is -2.39. The maximum absolute atomic E-state index is 11.9. The van der Waals surface area contributed by atoms with Crippen LogP contribution in [0.25, 0.3) is 0 Å². The van der Waals surface area contributed by atoms with Crippen molar-refractivity contribution >= 4 is 27.8 Å². The Bertz CT molecular complexity index is 502. The van der Waals surface area contributed by atoms with Crippen LogP contribution < -0.4 is 5.32 Å². The predicted molar refractivity (Wildman–Crippen MR) is 81.2 cm³/mol. The SMILES string of the molecule is CC(C)C(C)(CC(=O)NCc1cccc(Br)c1)C(=O)O. The van der Waals surface area contributed by atoms with Gasteiger partial charge in [0.1, 0.15) is 0 Å². The molecule has 20 heavy (non-hydrogen) atoms. The summed E-state index contributed by atoms with van der Waals surface area (Å²) in [5, 5.41) is 12.1. The first kappa shape index (κ1) is 16.7. The summed E-state index contributed by atoms with van der Waals surface area (Å²) in [6.07, 6.45) is -0.0198. The molecule has 0 spiro atoms. The number of carboxylic acid groups (broad SMARTS) is 1. The molecule has 1 atom stereocenters. The Morgan fingerprint density at radius 1 is 1.40 bits per heavy atom. The molecule has 1 rings (SSSR count). The minimum atomic E-state index is -1.04. The summed E-state index contributed by atoms with van der Waals surface area (Å²) in [5.41, 5.74) is -0.0734. The second-order valence-corrected chi connectivity index (χ2v) is 6.38. The van der Waals surface area contributed by atoms with Gasteiger partial charge < -0.3 is 10.4 Å². The van der Waals surface area contributed by atoms with E-state index in [1.54, 1.807) is 6.92 Å². The van der Waals surface area contributed by atoms with Gasteiger partial charge in [-0.05, 0) is 30.5 Å². The quantitative estimate of drug-likeness (QED) is 0.834. The number of carboxylic acids is 1. The number of hydrogen-bond donors (Lipinski definition) is 2. The van der Waals surface area contributed by atoms with E-state index in [1.807, 2.05) is 38.1 Å². The number of carbonyl (C=O) groups excluding carboxylic acids is 1. The number of halogens is 1. The van der Waals surface area contributed by atoms with Crippen molar-refractivity contribution in [3.63, 3.8) is 0 Å². The van der Waals surface area contributed by atoms with Crippen LogP contribution in [0.1, 0.15) is 32.8 Å². The molecule has 110 valence electrons. The molecular formula is C15H20BrNO3. The minimum Gasteiger partial charge on any atom is -0.481 e. The first-order chi connectivity index (χ1) is 9.25. The lowest BCUT2D eigenvalue weighted by Gasteiger charge is -2.28. The molecule has 0 fully saturated rings. The summed E-state index contributed by atoms with van der Waals surface area (Å²) in [7, 11) is 0. The Morgan fingerprint density at radius 2 is 2.05 bits per heavy atom. The third kappa shape index (κ3) is 4.34. The standard InChI is InChI=1S/C15H20BrNO3/c1-10(2)15(3,14(19)20)8-13(18)17-9-11-5-4-6-12(16)7-11/h4-7,10H,8-9H2,1-3H3,(H,17,18)(H,19,20). The van der Waals surface area contributed by atoms with Gasteiger partial charge in [-0.3, -0.25) is 9.59 Å². The van der Waals surface area contributed by atoms with Crippen LogP contribution in [0.4, 0.5) is 0 Å². The van der Waals surface area contributed by atoms with Gasteiger partial charge in [0.15, 0.2) is 0 Å². The second-order valence-electron chi connectivity index (χ2n) is 5.46. The Balaban J connectivity index is 2.61. The highest BCUT2D eigenvalue weighted by Crippen LogP contribution is 2.31. The minimum absolute atomic E-state index is 0.0198. The van der Waals surface area contributed by atoms with Crippen molar-refractivity contribution in [2.24, 2.45) is 11.3 Å². The fourth-order valence-corrected chi connectivity index (χ4v) is 2.22. The Labute approximate surface area is 127 Å². The van der Waals surface area contributed by atoms with E-state index >= 15 is 0 Å². The zero-order valence-corrected chi connectivity index (χ0v) is 13.5. The van der Waals surface area contributed by atoms with E-state index in [2.05, 4.69) is 21.2 Å². The highest BCUT2D eigenvalue weighted by atomic mass is 79.9. The number of carbonyl (C=O) groups is 2. The van der Waals surface area contributed by atoms with E-state index in [1.165, 1.54) is 0 Å². The molecule has 1 unspecified atom stereocenters. The van der Waals surface area contributed by atoms with E-state index in [-0.39, 0.29) is 18.2 Å². The van der Waals surface area contributed by atoms with Crippen LogP contribution in [-0.2, 0) is 16.1 Å². The number of hydrogen-bond acceptors (Lipinski definition) is 2. The smallest absolute Gasteiger partial charge is 0.310 e. The fraction of sp³-hybridized carbons (Fsp3) is 0.467. The van der Waals surface area contributed by atoms with Crippen molar-refractivity contribution in [2.45, 2.75) is 33.7 Å². The van der Waals surface area contributed by atoms with Gasteiger partial charge in [0, 0.05) is 17.4 Å². The van der Waals surface area contributed by atoms with Crippen LogP contribution in [0.2, 0.25) is 0 Å². The number of amides is 1. The van der Waals surface area contributed by atoms with Crippen molar-refractivity contribution in [3.8, 4) is 0 Å². The number of benzene rings is 1. The molecule has 0 saturated heterocycles. The Morgan fingerprint density at radius 3 is 2.55 bits per heavy atom. The van der Waals surface area contributed by atoms with Crippen molar-refractivity contribution < 1.29 is 14.7 Å². The zero-order chi connectivity index (χ0) is 15.3. The van der Waals surface area contributed by atoms with Gasteiger partial charge in [0.05, 0.1) is 5.41 Å². The van der Waals surface area contributed by atoms with E-state index < -0.39 is 11.4 Å². The molecule has 0 aliphatic carbocycles. The van der Waals surface area contributed by atoms with Gasteiger partial charge in [0.25, 0.3) is 0 Å².